The van der Waals surface area contributed by atoms with E-state index in [-0.39, 0.29) is 6.04 Å². The lowest BCUT2D eigenvalue weighted by molar-refractivity contribution is -0.109. The number of carbonyl (C=O) groups excluding carboxylic acids is 1. The molecule has 3 N–H and O–H groups in total. The van der Waals surface area contributed by atoms with Crippen molar-refractivity contribution in [2.24, 2.45) is 15.8 Å². The standard InChI is InChI=1S/C11H22N4O/c1-5-6-8(2)14-15-10(4)13-11(7-16)9(3)12/h7,9,11H,5-6,12H2,1-4H3,(H,13,15)/b14-8+. The molecule has 0 saturated heterocycles. The summed E-state index contributed by atoms with van der Waals surface area (Å²) < 4.78 is 0. The molecule has 0 aliphatic rings. The van der Waals surface area contributed by atoms with Crippen LogP contribution in [0.4, 0.5) is 0 Å². The van der Waals surface area contributed by atoms with Crippen LogP contribution in [0.2, 0.25) is 0 Å². The number of aliphatic imine (C=N–C) groups is 1. The average Bonchev–Trinajstić information content (AvgIpc) is 2.23. The number of hydrogen-bond acceptors (Lipinski definition) is 4. The maximum atomic E-state index is 10.7. The van der Waals surface area contributed by atoms with Crippen LogP contribution in [0, 0.1) is 0 Å². The van der Waals surface area contributed by atoms with E-state index in [2.05, 4.69) is 22.4 Å². The number of rotatable bonds is 6. The first-order valence-corrected chi connectivity index (χ1v) is 5.55. The van der Waals surface area contributed by atoms with E-state index in [1.807, 2.05) is 6.92 Å². The molecule has 0 saturated carbocycles. The molecule has 5 nitrogen and oxygen atoms in total. The molecule has 0 aromatic heterocycles. The minimum absolute atomic E-state index is 0.282. The maximum Gasteiger partial charge on any atom is 0.146 e. The summed E-state index contributed by atoms with van der Waals surface area (Å²) in [6.45, 7) is 7.56. The van der Waals surface area contributed by atoms with Crippen molar-refractivity contribution >= 4 is 17.8 Å². The van der Waals surface area contributed by atoms with E-state index in [1.165, 1.54) is 0 Å². The summed E-state index contributed by atoms with van der Waals surface area (Å²) in [4.78, 5) is 14.8. The first kappa shape index (κ1) is 14.8. The van der Waals surface area contributed by atoms with Crippen LogP contribution in [0.15, 0.2) is 10.1 Å². The smallest absolute Gasteiger partial charge is 0.146 e. The Bertz CT molecular complexity index is 271. The van der Waals surface area contributed by atoms with Gasteiger partial charge in [-0.25, -0.2) is 0 Å². The Morgan fingerprint density at radius 2 is 2.12 bits per heavy atom. The Labute approximate surface area is 97.2 Å². The topological polar surface area (TPSA) is 79.8 Å². The molecule has 0 fully saturated rings. The SMILES string of the molecule is CCC/C(C)=N/NC(C)=NC(C=O)C(C)N. The van der Waals surface area contributed by atoms with Crippen LogP contribution in [0.25, 0.3) is 0 Å². The van der Waals surface area contributed by atoms with Gasteiger partial charge in [-0.1, -0.05) is 13.3 Å². The van der Waals surface area contributed by atoms with Gasteiger partial charge in [0.25, 0.3) is 0 Å². The third-order valence-electron chi connectivity index (χ3n) is 2.04. The molecule has 2 atom stereocenters. The second kappa shape index (κ2) is 7.98. The molecule has 16 heavy (non-hydrogen) atoms. The highest BCUT2D eigenvalue weighted by atomic mass is 16.1. The molecule has 0 rings (SSSR count). The summed E-state index contributed by atoms with van der Waals surface area (Å²) in [7, 11) is 0. The summed E-state index contributed by atoms with van der Waals surface area (Å²) >= 11 is 0. The predicted molar refractivity (Wildman–Crippen MR) is 67.8 cm³/mol. The van der Waals surface area contributed by atoms with Gasteiger partial charge in [0, 0.05) is 11.8 Å². The fourth-order valence-electron chi connectivity index (χ4n) is 1.12. The molecule has 0 bridgehead atoms. The van der Waals surface area contributed by atoms with Crippen LogP contribution in [0.3, 0.4) is 0 Å². The van der Waals surface area contributed by atoms with E-state index in [9.17, 15) is 4.79 Å². The quantitative estimate of drug-likeness (QED) is 0.308. The van der Waals surface area contributed by atoms with Crippen LogP contribution in [-0.4, -0.2) is 29.9 Å². The van der Waals surface area contributed by atoms with Gasteiger partial charge in [-0.2, -0.15) is 5.10 Å². The van der Waals surface area contributed by atoms with Gasteiger partial charge in [-0.15, -0.1) is 0 Å². The van der Waals surface area contributed by atoms with Gasteiger partial charge in [0.1, 0.15) is 18.2 Å². The van der Waals surface area contributed by atoms with E-state index < -0.39 is 6.04 Å². The third kappa shape index (κ3) is 6.29. The zero-order chi connectivity index (χ0) is 12.6. The fourth-order valence-corrected chi connectivity index (χ4v) is 1.12. The Balaban J connectivity index is 4.33. The van der Waals surface area contributed by atoms with Gasteiger partial charge in [0.2, 0.25) is 0 Å². The van der Waals surface area contributed by atoms with Gasteiger partial charge >= 0.3 is 0 Å². The van der Waals surface area contributed by atoms with E-state index in [4.69, 9.17) is 5.73 Å². The van der Waals surface area contributed by atoms with Crippen molar-refractivity contribution in [1.82, 2.24) is 5.43 Å². The first-order chi connectivity index (χ1) is 7.51. The molecule has 0 aromatic rings. The monoisotopic (exact) mass is 226 g/mol. The predicted octanol–water partition coefficient (Wildman–Crippen LogP) is 1.09. The van der Waals surface area contributed by atoms with Crippen molar-refractivity contribution < 1.29 is 4.79 Å². The van der Waals surface area contributed by atoms with Crippen molar-refractivity contribution in [2.75, 3.05) is 0 Å². The molecule has 0 aromatic carbocycles. The number of amidine groups is 1. The van der Waals surface area contributed by atoms with E-state index >= 15 is 0 Å². The zero-order valence-electron chi connectivity index (χ0n) is 10.5. The van der Waals surface area contributed by atoms with E-state index in [0.717, 1.165) is 24.8 Å². The molecule has 0 aliphatic heterocycles. The second-order valence-electron chi connectivity index (χ2n) is 3.91. The van der Waals surface area contributed by atoms with Crippen molar-refractivity contribution in [3.8, 4) is 0 Å². The highest BCUT2D eigenvalue weighted by Gasteiger charge is 2.10. The molecule has 0 amide bonds. The maximum absolute atomic E-state index is 10.7. The molecule has 92 valence electrons. The highest BCUT2D eigenvalue weighted by molar-refractivity contribution is 5.86. The Kier molecular flexibility index (Phi) is 7.37. The molecular formula is C11H22N4O. The molecule has 0 radical (unpaired) electrons. The normalized spacial score (nSPS) is 16.8. The number of carbonyl (C=O) groups is 1. The second-order valence-corrected chi connectivity index (χ2v) is 3.91. The van der Waals surface area contributed by atoms with Gasteiger partial charge < -0.3 is 10.5 Å². The average molecular weight is 226 g/mol. The van der Waals surface area contributed by atoms with Crippen LogP contribution < -0.4 is 11.2 Å². The highest BCUT2D eigenvalue weighted by Crippen LogP contribution is 1.94. The molecule has 5 heteroatoms. The fraction of sp³-hybridized carbons (Fsp3) is 0.727. The Morgan fingerprint density at radius 3 is 2.56 bits per heavy atom. The largest absolute Gasteiger partial charge is 0.326 e. The lowest BCUT2D eigenvalue weighted by Crippen LogP contribution is -2.33. The van der Waals surface area contributed by atoms with Gasteiger partial charge in [-0.05, 0) is 27.2 Å². The summed E-state index contributed by atoms with van der Waals surface area (Å²) in [5.74, 6) is 0.602. The number of nitrogens with one attached hydrogen (secondary N) is 1. The molecule has 0 heterocycles. The lowest BCUT2D eigenvalue weighted by Gasteiger charge is -2.10. The number of hydrogen-bond donors (Lipinski definition) is 2. The lowest BCUT2D eigenvalue weighted by atomic mass is 10.2. The van der Waals surface area contributed by atoms with Crippen molar-refractivity contribution in [3.05, 3.63) is 0 Å². The number of nitrogens with zero attached hydrogens (tertiary/aromatic N) is 2. The molecule has 0 spiro atoms. The Morgan fingerprint density at radius 1 is 1.50 bits per heavy atom. The van der Waals surface area contributed by atoms with Gasteiger partial charge in [0.05, 0.1) is 0 Å². The third-order valence-corrected chi connectivity index (χ3v) is 2.04. The first-order valence-electron chi connectivity index (χ1n) is 5.55. The van der Waals surface area contributed by atoms with Gasteiger partial charge in [0.15, 0.2) is 0 Å². The van der Waals surface area contributed by atoms with E-state index in [0.29, 0.717) is 5.84 Å². The Hall–Kier alpha value is -1.23. The summed E-state index contributed by atoms with van der Waals surface area (Å²) in [6.07, 6.45) is 2.76. The number of hydrazone groups is 1. The van der Waals surface area contributed by atoms with Crippen LogP contribution in [0.5, 0.6) is 0 Å². The molecule has 0 aliphatic carbocycles. The number of aldehydes is 1. The summed E-state index contributed by atoms with van der Waals surface area (Å²) in [6, 6.07) is -0.788. The summed E-state index contributed by atoms with van der Waals surface area (Å²) in [5.41, 5.74) is 9.42. The van der Waals surface area contributed by atoms with Crippen LogP contribution in [0.1, 0.15) is 40.5 Å². The van der Waals surface area contributed by atoms with Crippen molar-refractivity contribution in [1.29, 1.82) is 0 Å². The number of nitrogens with two attached hydrogens (primary N) is 1. The van der Waals surface area contributed by atoms with E-state index in [1.54, 1.807) is 13.8 Å². The summed E-state index contributed by atoms with van der Waals surface area (Å²) in [5, 5.41) is 4.14. The zero-order valence-corrected chi connectivity index (χ0v) is 10.5. The van der Waals surface area contributed by atoms with Crippen molar-refractivity contribution in [3.63, 3.8) is 0 Å². The van der Waals surface area contributed by atoms with Gasteiger partial charge in [-0.3, -0.25) is 10.4 Å². The molecular weight excluding hydrogens is 204 g/mol. The van der Waals surface area contributed by atoms with Crippen LogP contribution >= 0.6 is 0 Å². The van der Waals surface area contributed by atoms with Crippen molar-refractivity contribution in [2.45, 2.75) is 52.6 Å². The van der Waals surface area contributed by atoms with Crippen LogP contribution in [-0.2, 0) is 4.79 Å². The minimum atomic E-state index is -0.505. The minimum Gasteiger partial charge on any atom is -0.326 e. The molecule has 2 unspecified atom stereocenters.